The fraction of sp³-hybridized carbons (Fsp3) is 0.588. The Morgan fingerprint density at radius 3 is 2.32 bits per heavy atom. The molecule has 1 aromatic carbocycles. The van der Waals surface area contributed by atoms with Crippen molar-refractivity contribution in [1.29, 1.82) is 0 Å². The first kappa shape index (κ1) is 25.7. The van der Waals surface area contributed by atoms with E-state index in [-0.39, 0.29) is 49.2 Å². The van der Waals surface area contributed by atoms with Gasteiger partial charge in [-0.1, -0.05) is 5.11 Å². The second kappa shape index (κ2) is 15.5. The summed E-state index contributed by atoms with van der Waals surface area (Å²) in [5.74, 6) is 0.481. The van der Waals surface area contributed by atoms with E-state index in [1.807, 2.05) is 0 Å². The second-order valence-electron chi connectivity index (χ2n) is 5.59. The minimum atomic E-state index is -0.749. The van der Waals surface area contributed by atoms with Crippen LogP contribution in [0.3, 0.4) is 0 Å². The van der Waals surface area contributed by atoms with Crippen LogP contribution in [0.5, 0.6) is 11.5 Å². The number of nitro benzene ring substituents is 1. The maximum atomic E-state index is 11.8. The van der Waals surface area contributed by atoms with Crippen molar-refractivity contribution in [2.45, 2.75) is 6.61 Å². The van der Waals surface area contributed by atoms with E-state index < -0.39 is 11.0 Å². The lowest BCUT2D eigenvalue weighted by Gasteiger charge is -2.11. The zero-order chi connectivity index (χ0) is 22.9. The quantitative estimate of drug-likeness (QED) is 0.100. The van der Waals surface area contributed by atoms with Gasteiger partial charge in [-0.2, -0.15) is 0 Å². The molecule has 0 aromatic heterocycles. The van der Waals surface area contributed by atoms with Crippen LogP contribution in [-0.2, 0) is 25.6 Å². The summed E-state index contributed by atoms with van der Waals surface area (Å²) in [7, 11) is 2.76. The van der Waals surface area contributed by atoms with Crippen molar-refractivity contribution in [1.82, 2.24) is 5.32 Å². The Morgan fingerprint density at radius 2 is 1.71 bits per heavy atom. The van der Waals surface area contributed by atoms with E-state index in [1.165, 1.54) is 26.4 Å². The lowest BCUT2D eigenvalue weighted by molar-refractivity contribution is -0.385. The van der Waals surface area contributed by atoms with Gasteiger partial charge in [-0.05, 0) is 11.6 Å². The third kappa shape index (κ3) is 10.3. The van der Waals surface area contributed by atoms with Gasteiger partial charge in [0.1, 0.15) is 13.3 Å². The Hall–Kier alpha value is -3.32. The second-order valence-corrected chi connectivity index (χ2v) is 5.59. The van der Waals surface area contributed by atoms with Gasteiger partial charge in [-0.25, -0.2) is 4.79 Å². The number of hydrogen-bond donors (Lipinski definition) is 1. The van der Waals surface area contributed by atoms with Crippen LogP contribution in [0, 0.1) is 10.1 Å². The number of alkyl carbamates (subject to hydrolysis) is 1. The van der Waals surface area contributed by atoms with Crippen LogP contribution in [0.4, 0.5) is 10.5 Å². The van der Waals surface area contributed by atoms with Crippen LogP contribution in [0.1, 0.15) is 5.56 Å². The summed E-state index contributed by atoms with van der Waals surface area (Å²) >= 11 is 0. The van der Waals surface area contributed by atoms with Crippen LogP contribution < -0.4 is 14.8 Å². The minimum absolute atomic E-state index is 0.0442. The highest BCUT2D eigenvalue weighted by Crippen LogP contribution is 2.34. The fourth-order valence-electron chi connectivity index (χ4n) is 2.19. The maximum Gasteiger partial charge on any atom is 0.407 e. The minimum Gasteiger partial charge on any atom is -0.493 e. The highest BCUT2D eigenvalue weighted by molar-refractivity contribution is 5.67. The molecule has 0 aliphatic heterocycles. The fourth-order valence-corrected chi connectivity index (χ4v) is 2.19. The van der Waals surface area contributed by atoms with E-state index in [0.29, 0.717) is 26.4 Å². The first-order valence-electron chi connectivity index (χ1n) is 9.07. The van der Waals surface area contributed by atoms with Gasteiger partial charge in [0.2, 0.25) is 0 Å². The highest BCUT2D eigenvalue weighted by Gasteiger charge is 2.20. The summed E-state index contributed by atoms with van der Waals surface area (Å²) < 4.78 is 30.6. The van der Waals surface area contributed by atoms with Crippen molar-refractivity contribution in [2.75, 3.05) is 60.5 Å². The van der Waals surface area contributed by atoms with Gasteiger partial charge in [0.05, 0.1) is 63.8 Å². The standard InChI is InChI=1S/C17H25N5O9/c1-26-15-9-13(14(22(24)25)10-16(15)27-2)11-31-17(23)19-3-4-28-5-6-29-7-8-30-12-20-21-18/h9-10H,3-8,11-12H2,1-2H3,(H,19,23). The van der Waals surface area contributed by atoms with E-state index in [4.69, 9.17) is 34.0 Å². The van der Waals surface area contributed by atoms with Gasteiger partial charge >= 0.3 is 6.09 Å². The summed E-state index contributed by atoms with van der Waals surface area (Å²) in [6.07, 6.45) is -0.749. The van der Waals surface area contributed by atoms with Crippen molar-refractivity contribution in [3.8, 4) is 11.5 Å². The summed E-state index contributed by atoms with van der Waals surface area (Å²) in [6.45, 7) is 1.31. The normalized spacial score (nSPS) is 10.1. The number of hydrogen-bond acceptors (Lipinski definition) is 10. The molecule has 172 valence electrons. The van der Waals surface area contributed by atoms with Gasteiger partial charge in [0, 0.05) is 11.5 Å². The molecule has 14 heteroatoms. The van der Waals surface area contributed by atoms with Crippen molar-refractivity contribution in [2.24, 2.45) is 5.11 Å². The number of benzene rings is 1. The van der Waals surface area contributed by atoms with E-state index in [1.54, 1.807) is 0 Å². The number of nitrogens with one attached hydrogen (secondary N) is 1. The predicted molar refractivity (Wildman–Crippen MR) is 106 cm³/mol. The Balaban J connectivity index is 2.23. The van der Waals surface area contributed by atoms with Crippen molar-refractivity contribution in [3.05, 3.63) is 38.3 Å². The topological polar surface area (TPSA) is 176 Å². The number of methoxy groups -OCH3 is 2. The molecule has 0 fully saturated rings. The summed E-state index contributed by atoms with van der Waals surface area (Å²) in [5, 5.41) is 16.9. The average Bonchev–Trinajstić information content (AvgIpc) is 2.77. The van der Waals surface area contributed by atoms with Gasteiger partial charge in [-0.3, -0.25) is 10.1 Å². The zero-order valence-corrected chi connectivity index (χ0v) is 17.3. The molecule has 0 saturated carbocycles. The molecule has 1 aromatic rings. The summed E-state index contributed by atoms with van der Waals surface area (Å²) in [6, 6.07) is 2.59. The Bertz CT molecular complexity index is 756. The Labute approximate surface area is 178 Å². The van der Waals surface area contributed by atoms with Crippen LogP contribution in [-0.4, -0.2) is 71.5 Å². The third-order valence-corrected chi connectivity index (χ3v) is 3.61. The molecule has 1 rings (SSSR count). The number of ether oxygens (including phenoxy) is 6. The van der Waals surface area contributed by atoms with Crippen LogP contribution in [0.2, 0.25) is 0 Å². The molecule has 0 radical (unpaired) electrons. The third-order valence-electron chi connectivity index (χ3n) is 3.61. The highest BCUT2D eigenvalue weighted by atomic mass is 16.6. The number of nitro groups is 1. The predicted octanol–water partition coefficient (Wildman–Crippen LogP) is 2.16. The molecular formula is C17H25N5O9. The van der Waals surface area contributed by atoms with Crippen LogP contribution in [0.25, 0.3) is 10.4 Å². The Kier molecular flexibility index (Phi) is 12.9. The molecule has 0 aliphatic rings. The molecule has 1 N–H and O–H groups in total. The van der Waals surface area contributed by atoms with Gasteiger partial charge in [-0.15, -0.1) is 0 Å². The number of rotatable bonds is 16. The monoisotopic (exact) mass is 443 g/mol. The molecule has 0 unspecified atom stereocenters. The number of amides is 1. The molecule has 0 atom stereocenters. The smallest absolute Gasteiger partial charge is 0.407 e. The molecule has 0 bridgehead atoms. The van der Waals surface area contributed by atoms with Crippen molar-refractivity contribution < 1.29 is 38.1 Å². The number of carbonyl (C=O) groups excluding carboxylic acids is 1. The molecule has 0 aliphatic carbocycles. The van der Waals surface area contributed by atoms with Crippen molar-refractivity contribution in [3.63, 3.8) is 0 Å². The SMILES string of the molecule is COc1cc(COC(=O)NCCOCCOCCOCN=[N+]=[N-])c([N+](=O)[O-])cc1OC. The average molecular weight is 443 g/mol. The lowest BCUT2D eigenvalue weighted by atomic mass is 10.1. The molecule has 0 spiro atoms. The van der Waals surface area contributed by atoms with Crippen molar-refractivity contribution >= 4 is 11.8 Å². The molecule has 31 heavy (non-hydrogen) atoms. The number of nitrogens with zero attached hydrogens (tertiary/aromatic N) is 4. The Morgan fingerprint density at radius 1 is 1.10 bits per heavy atom. The first-order valence-corrected chi connectivity index (χ1v) is 9.07. The van der Waals surface area contributed by atoms with E-state index in [9.17, 15) is 14.9 Å². The zero-order valence-electron chi connectivity index (χ0n) is 17.3. The summed E-state index contributed by atoms with van der Waals surface area (Å²) in [5.41, 5.74) is 7.97. The number of carbonyl (C=O) groups is 1. The molecule has 0 heterocycles. The van der Waals surface area contributed by atoms with Crippen LogP contribution >= 0.6 is 0 Å². The van der Waals surface area contributed by atoms with E-state index >= 15 is 0 Å². The maximum absolute atomic E-state index is 11.8. The van der Waals surface area contributed by atoms with E-state index in [2.05, 4.69) is 15.3 Å². The molecule has 0 saturated heterocycles. The lowest BCUT2D eigenvalue weighted by Crippen LogP contribution is -2.28. The van der Waals surface area contributed by atoms with Crippen LogP contribution in [0.15, 0.2) is 17.2 Å². The molecule has 1 amide bonds. The summed E-state index contributed by atoms with van der Waals surface area (Å²) in [4.78, 5) is 25.0. The molecule has 14 nitrogen and oxygen atoms in total. The molecular weight excluding hydrogens is 418 g/mol. The van der Waals surface area contributed by atoms with Gasteiger partial charge in [0.15, 0.2) is 11.5 Å². The van der Waals surface area contributed by atoms with Gasteiger partial charge in [0.25, 0.3) is 5.69 Å². The number of azide groups is 1. The first-order chi connectivity index (χ1) is 15.0. The van der Waals surface area contributed by atoms with Gasteiger partial charge < -0.3 is 33.7 Å². The van der Waals surface area contributed by atoms with E-state index in [0.717, 1.165) is 0 Å². The largest absolute Gasteiger partial charge is 0.493 e.